The van der Waals surface area contributed by atoms with Crippen molar-refractivity contribution in [1.29, 1.82) is 0 Å². The van der Waals surface area contributed by atoms with Gasteiger partial charge in [-0.2, -0.15) is 0 Å². The first-order chi connectivity index (χ1) is 10.0. The summed E-state index contributed by atoms with van der Waals surface area (Å²) < 4.78 is 5.24. The molecule has 2 rings (SSSR count). The molecule has 0 radical (unpaired) electrons. The molecule has 0 aromatic heterocycles. The fourth-order valence-electron chi connectivity index (χ4n) is 2.11. The molecule has 0 aliphatic carbocycles. The van der Waals surface area contributed by atoms with Gasteiger partial charge in [0.1, 0.15) is 5.75 Å². The van der Waals surface area contributed by atoms with Crippen LogP contribution in [0.15, 0.2) is 42.5 Å². The third kappa shape index (κ3) is 3.54. The van der Waals surface area contributed by atoms with Gasteiger partial charge in [-0.15, -0.1) is 0 Å². The predicted molar refractivity (Wildman–Crippen MR) is 84.5 cm³/mol. The molecule has 4 heteroatoms. The van der Waals surface area contributed by atoms with E-state index < -0.39 is 0 Å². The van der Waals surface area contributed by atoms with Crippen molar-refractivity contribution in [3.63, 3.8) is 0 Å². The number of ether oxygens (including phenoxy) is 1. The minimum atomic E-state index is -0.127. The van der Waals surface area contributed by atoms with E-state index in [1.165, 1.54) is 0 Å². The maximum Gasteiger partial charge on any atom is 0.251 e. The lowest BCUT2D eigenvalue weighted by Gasteiger charge is -2.15. The van der Waals surface area contributed by atoms with E-state index in [1.54, 1.807) is 19.2 Å². The summed E-state index contributed by atoms with van der Waals surface area (Å²) in [7, 11) is 1.60. The first-order valence-electron chi connectivity index (χ1n) is 6.82. The molecule has 0 saturated carbocycles. The zero-order chi connectivity index (χ0) is 15.4. The van der Waals surface area contributed by atoms with Crippen LogP contribution in [0.5, 0.6) is 5.75 Å². The number of hydrogen-bond acceptors (Lipinski definition) is 3. The summed E-state index contributed by atoms with van der Waals surface area (Å²) in [6, 6.07) is 12.8. The Hall–Kier alpha value is -2.49. The van der Waals surface area contributed by atoms with Crippen molar-refractivity contribution in [2.45, 2.75) is 19.9 Å². The van der Waals surface area contributed by atoms with Gasteiger partial charge in [-0.1, -0.05) is 18.2 Å². The van der Waals surface area contributed by atoms with Gasteiger partial charge in [-0.25, -0.2) is 0 Å². The molecule has 4 nitrogen and oxygen atoms in total. The van der Waals surface area contributed by atoms with Crippen LogP contribution in [0.2, 0.25) is 0 Å². The zero-order valence-corrected chi connectivity index (χ0v) is 12.5. The fraction of sp³-hybridized carbons (Fsp3) is 0.235. The number of nitrogen functional groups attached to an aromatic ring is 1. The van der Waals surface area contributed by atoms with Gasteiger partial charge in [-0.3, -0.25) is 4.79 Å². The van der Waals surface area contributed by atoms with E-state index in [9.17, 15) is 4.79 Å². The summed E-state index contributed by atoms with van der Waals surface area (Å²) in [5, 5.41) is 2.97. The molecule has 0 bridgehead atoms. The number of carbonyl (C=O) groups excluding carboxylic acids is 1. The van der Waals surface area contributed by atoms with Crippen molar-refractivity contribution in [2.75, 3.05) is 12.8 Å². The Balaban J connectivity index is 2.12. The zero-order valence-electron chi connectivity index (χ0n) is 12.5. The van der Waals surface area contributed by atoms with Crippen LogP contribution in [-0.2, 0) is 0 Å². The van der Waals surface area contributed by atoms with Crippen LogP contribution in [0.1, 0.15) is 34.5 Å². The number of rotatable bonds is 4. The number of hydrogen-bond donors (Lipinski definition) is 2. The Morgan fingerprint density at radius 2 is 1.86 bits per heavy atom. The molecule has 0 saturated heterocycles. The monoisotopic (exact) mass is 284 g/mol. The Labute approximate surface area is 124 Å². The molecule has 2 aromatic rings. The molecule has 3 N–H and O–H groups in total. The van der Waals surface area contributed by atoms with E-state index in [0.29, 0.717) is 17.0 Å². The highest BCUT2D eigenvalue weighted by Crippen LogP contribution is 2.20. The second-order valence-electron chi connectivity index (χ2n) is 5.05. The summed E-state index contributed by atoms with van der Waals surface area (Å²) in [4.78, 5) is 12.3. The normalized spacial score (nSPS) is 11.8. The van der Waals surface area contributed by atoms with Gasteiger partial charge in [0.2, 0.25) is 0 Å². The largest absolute Gasteiger partial charge is 0.496 e. The quantitative estimate of drug-likeness (QED) is 0.848. The topological polar surface area (TPSA) is 64.3 Å². The second-order valence-corrected chi connectivity index (χ2v) is 5.05. The molecule has 1 amide bonds. The molecule has 0 fully saturated rings. The summed E-state index contributed by atoms with van der Waals surface area (Å²) in [6.45, 7) is 3.88. The average molecular weight is 284 g/mol. The second kappa shape index (κ2) is 6.31. The van der Waals surface area contributed by atoms with Gasteiger partial charge < -0.3 is 15.8 Å². The van der Waals surface area contributed by atoms with Gasteiger partial charge in [0, 0.05) is 11.3 Å². The van der Waals surface area contributed by atoms with Crippen LogP contribution in [0, 0.1) is 6.92 Å². The van der Waals surface area contributed by atoms with Crippen molar-refractivity contribution in [1.82, 2.24) is 5.32 Å². The van der Waals surface area contributed by atoms with Crippen molar-refractivity contribution >= 4 is 11.6 Å². The number of amides is 1. The van der Waals surface area contributed by atoms with Crippen molar-refractivity contribution in [2.24, 2.45) is 0 Å². The minimum absolute atomic E-state index is 0.0922. The number of nitrogens with one attached hydrogen (secondary N) is 1. The van der Waals surface area contributed by atoms with Crippen molar-refractivity contribution < 1.29 is 9.53 Å². The van der Waals surface area contributed by atoms with E-state index in [2.05, 4.69) is 5.32 Å². The molecule has 0 aliphatic rings. The number of carbonyl (C=O) groups is 1. The van der Waals surface area contributed by atoms with Gasteiger partial charge in [0.05, 0.1) is 13.2 Å². The fourth-order valence-corrected chi connectivity index (χ4v) is 2.11. The van der Waals surface area contributed by atoms with E-state index in [4.69, 9.17) is 10.5 Å². The van der Waals surface area contributed by atoms with Gasteiger partial charge in [0.15, 0.2) is 0 Å². The van der Waals surface area contributed by atoms with Crippen LogP contribution in [-0.4, -0.2) is 13.0 Å². The molecule has 110 valence electrons. The summed E-state index contributed by atoms with van der Waals surface area (Å²) in [6.07, 6.45) is 0. The van der Waals surface area contributed by atoms with Crippen LogP contribution in [0.25, 0.3) is 0 Å². The van der Waals surface area contributed by atoms with Gasteiger partial charge in [0.25, 0.3) is 5.91 Å². The summed E-state index contributed by atoms with van der Waals surface area (Å²) >= 11 is 0. The molecule has 0 aliphatic heterocycles. The number of nitrogens with two attached hydrogens (primary N) is 1. The maximum atomic E-state index is 12.3. The van der Waals surface area contributed by atoms with E-state index in [1.807, 2.05) is 44.2 Å². The minimum Gasteiger partial charge on any atom is -0.496 e. The molecular weight excluding hydrogens is 264 g/mol. The maximum absolute atomic E-state index is 12.3. The molecule has 21 heavy (non-hydrogen) atoms. The van der Waals surface area contributed by atoms with Crippen LogP contribution >= 0.6 is 0 Å². The van der Waals surface area contributed by atoms with Gasteiger partial charge in [-0.05, 0) is 49.2 Å². The summed E-state index contributed by atoms with van der Waals surface area (Å²) in [5.74, 6) is 0.584. The van der Waals surface area contributed by atoms with E-state index in [0.717, 1.165) is 11.1 Å². The average Bonchev–Trinajstić information content (AvgIpc) is 2.48. The third-order valence-corrected chi connectivity index (χ3v) is 3.45. The predicted octanol–water partition coefficient (Wildman–Crippen LogP) is 3.08. The molecule has 1 atom stereocenters. The molecule has 1 unspecified atom stereocenters. The lowest BCUT2D eigenvalue weighted by atomic mass is 10.1. The molecule has 2 aromatic carbocycles. The lowest BCUT2D eigenvalue weighted by Crippen LogP contribution is -2.26. The Bertz CT molecular complexity index is 636. The molecule has 0 spiro atoms. The first kappa shape index (κ1) is 14.9. The van der Waals surface area contributed by atoms with E-state index >= 15 is 0 Å². The smallest absolute Gasteiger partial charge is 0.251 e. The van der Waals surface area contributed by atoms with Crippen molar-refractivity contribution in [3.8, 4) is 5.75 Å². The Morgan fingerprint density at radius 3 is 2.48 bits per heavy atom. The highest BCUT2D eigenvalue weighted by atomic mass is 16.5. The van der Waals surface area contributed by atoms with Gasteiger partial charge >= 0.3 is 0 Å². The summed E-state index contributed by atoms with van der Waals surface area (Å²) in [5.41, 5.74) is 8.97. The van der Waals surface area contributed by atoms with Crippen LogP contribution in [0.4, 0.5) is 5.69 Å². The van der Waals surface area contributed by atoms with E-state index in [-0.39, 0.29) is 11.9 Å². The molecule has 0 heterocycles. The SMILES string of the molecule is COc1cc(C(=O)NC(C)c2ccc(N)cc2)ccc1C. The third-order valence-electron chi connectivity index (χ3n) is 3.45. The van der Waals surface area contributed by atoms with Crippen LogP contribution < -0.4 is 15.8 Å². The Morgan fingerprint density at radius 1 is 1.19 bits per heavy atom. The number of anilines is 1. The lowest BCUT2D eigenvalue weighted by molar-refractivity contribution is 0.0939. The standard InChI is InChI=1S/C17H20N2O2/c1-11-4-5-14(10-16(11)21-3)17(20)19-12(2)13-6-8-15(18)9-7-13/h4-10,12H,18H2,1-3H3,(H,19,20). The van der Waals surface area contributed by atoms with Crippen LogP contribution in [0.3, 0.4) is 0 Å². The Kier molecular flexibility index (Phi) is 4.48. The highest BCUT2D eigenvalue weighted by Gasteiger charge is 2.12. The van der Waals surface area contributed by atoms with Crippen molar-refractivity contribution in [3.05, 3.63) is 59.2 Å². The number of methoxy groups -OCH3 is 1. The first-order valence-corrected chi connectivity index (χ1v) is 6.82. The highest BCUT2D eigenvalue weighted by molar-refractivity contribution is 5.95. The number of aryl methyl sites for hydroxylation is 1. The number of benzene rings is 2. The molecular formula is C17H20N2O2.